The van der Waals surface area contributed by atoms with Crippen LogP contribution in [0.5, 0.6) is 0 Å². The predicted molar refractivity (Wildman–Crippen MR) is 97.3 cm³/mol. The molecule has 0 aromatic carbocycles. The van der Waals surface area contributed by atoms with Crippen molar-refractivity contribution in [3.05, 3.63) is 43.0 Å². The molecule has 5 N–H and O–H groups in total. The summed E-state index contributed by atoms with van der Waals surface area (Å²) in [4.78, 5) is 63.7. The SMILES string of the molecule is Cc1cn([C@H]2C[C@@H](N=[N+]=[N-])[C@@H](COP(=O)(O)OP(=O)(O)OP(=O)(O)O)O2)c(=O)[nH]c1=O. The number of nitrogens with zero attached hydrogens (tertiary/aromatic N) is 4. The van der Waals surface area contributed by atoms with E-state index in [4.69, 9.17) is 24.9 Å². The van der Waals surface area contributed by atoms with Gasteiger partial charge in [0.2, 0.25) is 0 Å². The summed E-state index contributed by atoms with van der Waals surface area (Å²) in [5.74, 6) is 0. The van der Waals surface area contributed by atoms with Gasteiger partial charge < -0.3 is 24.3 Å². The Labute approximate surface area is 171 Å². The van der Waals surface area contributed by atoms with E-state index >= 15 is 0 Å². The van der Waals surface area contributed by atoms with Crippen molar-refractivity contribution in [2.24, 2.45) is 5.11 Å². The molecule has 0 saturated carbocycles. The fraction of sp³-hybridized carbons (Fsp3) is 0.600. The monoisotopic (exact) mass is 507 g/mol. The minimum atomic E-state index is -5.70. The normalized spacial score (nSPS) is 25.4. The predicted octanol–water partition coefficient (Wildman–Crippen LogP) is 0.155. The van der Waals surface area contributed by atoms with Crippen molar-refractivity contribution in [1.29, 1.82) is 0 Å². The van der Waals surface area contributed by atoms with Crippen LogP contribution in [0.25, 0.3) is 10.4 Å². The van der Waals surface area contributed by atoms with E-state index in [-0.39, 0.29) is 12.0 Å². The highest BCUT2D eigenvalue weighted by atomic mass is 31.3. The van der Waals surface area contributed by atoms with Crippen LogP contribution in [0.1, 0.15) is 18.2 Å². The van der Waals surface area contributed by atoms with Gasteiger partial charge >= 0.3 is 29.2 Å². The maximum absolute atomic E-state index is 12.0. The van der Waals surface area contributed by atoms with Crippen molar-refractivity contribution in [2.45, 2.75) is 31.7 Å². The van der Waals surface area contributed by atoms with Gasteiger partial charge in [-0.2, -0.15) is 8.62 Å². The molecule has 0 radical (unpaired) electrons. The van der Waals surface area contributed by atoms with Gasteiger partial charge in [0.1, 0.15) is 6.23 Å². The van der Waals surface area contributed by atoms with Crippen molar-refractivity contribution < 1.29 is 51.2 Å². The van der Waals surface area contributed by atoms with Crippen LogP contribution in [0.3, 0.4) is 0 Å². The minimum Gasteiger partial charge on any atom is -0.352 e. The average Bonchev–Trinajstić information content (AvgIpc) is 2.96. The molecule has 0 spiro atoms. The standard InChI is InChI=1S/C10H16N5O13P3/c1-5-3-15(10(17)12-9(5)16)8-2-6(13-14-11)7(26-8)4-25-30(21,22)28-31(23,24)27-29(18,19)20/h3,6-8H,2,4H2,1H3,(H,21,22)(H,23,24)(H,12,16,17)(H2,18,19,20)/t6-,7-,8-/m1/s1. The van der Waals surface area contributed by atoms with E-state index in [0.717, 1.165) is 4.57 Å². The highest BCUT2D eigenvalue weighted by Crippen LogP contribution is 2.66. The molecule has 1 saturated heterocycles. The Hall–Kier alpha value is -1.64. The number of hydrogen-bond acceptors (Lipinski definition) is 10. The van der Waals surface area contributed by atoms with Gasteiger partial charge in [0.15, 0.2) is 0 Å². The van der Waals surface area contributed by atoms with E-state index < -0.39 is 59.7 Å². The second-order valence-corrected chi connectivity index (χ2v) is 10.4. The van der Waals surface area contributed by atoms with Gasteiger partial charge in [0.05, 0.1) is 18.8 Å². The molecule has 18 nitrogen and oxygen atoms in total. The van der Waals surface area contributed by atoms with E-state index in [9.17, 15) is 28.2 Å². The van der Waals surface area contributed by atoms with Crippen molar-refractivity contribution >= 4 is 23.5 Å². The van der Waals surface area contributed by atoms with Crippen molar-refractivity contribution in [3.8, 4) is 0 Å². The van der Waals surface area contributed by atoms with Crippen LogP contribution < -0.4 is 11.2 Å². The number of nitrogens with one attached hydrogen (secondary N) is 1. The lowest BCUT2D eigenvalue weighted by atomic mass is 10.1. The van der Waals surface area contributed by atoms with E-state index in [2.05, 4.69) is 23.2 Å². The number of phosphoric acid groups is 3. The average molecular weight is 507 g/mol. The Morgan fingerprint density at radius 3 is 2.48 bits per heavy atom. The molecule has 0 aliphatic carbocycles. The van der Waals surface area contributed by atoms with Crippen LogP contribution in [-0.2, 0) is 31.6 Å². The summed E-state index contributed by atoms with van der Waals surface area (Å²) in [5, 5.41) is 3.42. The summed E-state index contributed by atoms with van der Waals surface area (Å²) < 4.78 is 51.8. The quantitative estimate of drug-likeness (QED) is 0.129. The van der Waals surface area contributed by atoms with Crippen molar-refractivity contribution in [1.82, 2.24) is 9.55 Å². The molecule has 0 amide bonds. The first-order chi connectivity index (χ1) is 14.1. The van der Waals surface area contributed by atoms with Gasteiger partial charge in [-0.3, -0.25) is 18.9 Å². The fourth-order valence-corrected chi connectivity index (χ4v) is 5.52. The third-order valence-corrected chi connectivity index (χ3v) is 7.48. The Balaban J connectivity index is 2.14. The zero-order chi connectivity index (χ0) is 23.6. The molecule has 21 heteroatoms. The van der Waals surface area contributed by atoms with Crippen LogP contribution >= 0.6 is 23.5 Å². The van der Waals surface area contributed by atoms with Crippen molar-refractivity contribution in [2.75, 3.05) is 6.61 Å². The van der Waals surface area contributed by atoms with Gasteiger partial charge in [0.25, 0.3) is 5.56 Å². The van der Waals surface area contributed by atoms with Gasteiger partial charge in [-0.1, -0.05) is 5.11 Å². The zero-order valence-electron chi connectivity index (χ0n) is 15.3. The van der Waals surface area contributed by atoms with Gasteiger partial charge in [-0.15, -0.1) is 0 Å². The number of rotatable bonds is 9. The smallest absolute Gasteiger partial charge is 0.352 e. The second kappa shape index (κ2) is 9.46. The molecule has 5 atom stereocenters. The van der Waals surface area contributed by atoms with Crippen LogP contribution in [0.15, 0.2) is 20.9 Å². The first-order valence-electron chi connectivity index (χ1n) is 7.92. The van der Waals surface area contributed by atoms with E-state index in [1.807, 2.05) is 4.98 Å². The molecule has 1 aliphatic heterocycles. The minimum absolute atomic E-state index is 0.111. The molecule has 31 heavy (non-hydrogen) atoms. The number of azide groups is 1. The number of ether oxygens (including phenoxy) is 1. The summed E-state index contributed by atoms with van der Waals surface area (Å²) in [6.45, 7) is 0.544. The van der Waals surface area contributed by atoms with Crippen LogP contribution in [0, 0.1) is 6.92 Å². The molecule has 1 aromatic heterocycles. The Kier molecular flexibility index (Phi) is 7.82. The Bertz CT molecular complexity index is 1140. The number of hydrogen-bond donors (Lipinski definition) is 5. The summed E-state index contributed by atoms with van der Waals surface area (Å²) in [6.07, 6.45) is -1.26. The lowest BCUT2D eigenvalue weighted by Gasteiger charge is -2.19. The van der Waals surface area contributed by atoms with Gasteiger partial charge in [-0.25, -0.2) is 18.5 Å². The maximum Gasteiger partial charge on any atom is 0.490 e. The first-order valence-corrected chi connectivity index (χ1v) is 12.4. The fourth-order valence-electron chi connectivity index (χ4n) is 2.49. The molecule has 1 aromatic rings. The molecule has 2 unspecified atom stereocenters. The molecular weight excluding hydrogens is 491 g/mol. The maximum atomic E-state index is 12.0. The van der Waals surface area contributed by atoms with Crippen LogP contribution in [0.2, 0.25) is 0 Å². The number of aromatic amines is 1. The van der Waals surface area contributed by atoms with Crippen LogP contribution in [0.4, 0.5) is 0 Å². The molecular formula is C10H16N5O13P3. The zero-order valence-corrected chi connectivity index (χ0v) is 18.0. The van der Waals surface area contributed by atoms with E-state index in [0.29, 0.717) is 0 Å². The first kappa shape index (κ1) is 25.6. The molecule has 2 rings (SSSR count). The Morgan fingerprint density at radius 1 is 1.26 bits per heavy atom. The van der Waals surface area contributed by atoms with Gasteiger partial charge in [-0.05, 0) is 12.5 Å². The number of aromatic nitrogens is 2. The number of aryl methyl sites for hydroxylation is 1. The largest absolute Gasteiger partial charge is 0.490 e. The molecule has 174 valence electrons. The lowest BCUT2D eigenvalue weighted by Crippen LogP contribution is -2.33. The van der Waals surface area contributed by atoms with Gasteiger partial charge in [0, 0.05) is 23.1 Å². The summed E-state index contributed by atoms with van der Waals surface area (Å²) in [6, 6.07) is -1.04. The molecule has 2 heterocycles. The molecule has 1 fully saturated rings. The second-order valence-electron chi connectivity index (χ2n) is 6.00. The molecule has 1 aliphatic rings. The number of H-pyrrole nitrogens is 1. The highest BCUT2D eigenvalue weighted by Gasteiger charge is 2.43. The van der Waals surface area contributed by atoms with E-state index in [1.165, 1.54) is 13.1 Å². The van der Waals surface area contributed by atoms with Crippen LogP contribution in [-0.4, -0.2) is 47.9 Å². The summed E-state index contributed by atoms with van der Waals surface area (Å²) in [5.41, 5.74) is 7.38. The summed E-state index contributed by atoms with van der Waals surface area (Å²) >= 11 is 0. The summed E-state index contributed by atoms with van der Waals surface area (Å²) in [7, 11) is -16.7. The van der Waals surface area contributed by atoms with Crippen molar-refractivity contribution in [3.63, 3.8) is 0 Å². The molecule has 0 bridgehead atoms. The third-order valence-electron chi connectivity index (χ3n) is 3.68. The third kappa shape index (κ3) is 7.47. The van der Waals surface area contributed by atoms with E-state index in [1.54, 1.807) is 0 Å². The lowest BCUT2D eigenvalue weighted by molar-refractivity contribution is -0.0267. The highest BCUT2D eigenvalue weighted by molar-refractivity contribution is 7.66. The topological polar surface area (TPSA) is 273 Å². The Morgan fingerprint density at radius 2 is 1.90 bits per heavy atom. The number of phosphoric ester groups is 1.